The zero-order valence-corrected chi connectivity index (χ0v) is 9.61. The molecule has 2 atom stereocenters. The second-order valence-corrected chi connectivity index (χ2v) is 5.42. The van der Waals surface area contributed by atoms with Crippen molar-refractivity contribution in [2.75, 3.05) is 20.6 Å². The fraction of sp³-hybridized carbons (Fsp3) is 0.909. The van der Waals surface area contributed by atoms with Crippen molar-refractivity contribution < 1.29 is 0 Å². The number of likely N-dealkylation sites (N-methyl/N-ethyl adjacent to an activating group) is 1. The third-order valence-corrected chi connectivity index (χ3v) is 4.81. The van der Waals surface area contributed by atoms with Gasteiger partial charge in [0.2, 0.25) is 0 Å². The van der Waals surface area contributed by atoms with E-state index < -0.39 is 0 Å². The van der Waals surface area contributed by atoms with Gasteiger partial charge in [0.15, 0.2) is 5.96 Å². The summed E-state index contributed by atoms with van der Waals surface area (Å²) >= 11 is 0. The molecule has 0 radical (unpaired) electrons. The van der Waals surface area contributed by atoms with E-state index in [-0.39, 0.29) is 5.54 Å². The average molecular weight is 208 g/mol. The number of nitrogens with two attached hydrogens (primary N) is 1. The van der Waals surface area contributed by atoms with Crippen molar-refractivity contribution in [2.45, 2.75) is 43.3 Å². The van der Waals surface area contributed by atoms with Crippen molar-refractivity contribution >= 4 is 5.96 Å². The molecule has 2 fully saturated rings. The number of hydrogen-bond donors (Lipinski definition) is 1. The third-order valence-electron chi connectivity index (χ3n) is 4.81. The second-order valence-electron chi connectivity index (χ2n) is 5.42. The topological polar surface area (TPSA) is 44.9 Å². The van der Waals surface area contributed by atoms with Crippen LogP contribution in [0, 0.1) is 0 Å². The summed E-state index contributed by atoms with van der Waals surface area (Å²) in [5.41, 5.74) is 6.14. The van der Waals surface area contributed by atoms with Gasteiger partial charge in [-0.05, 0) is 32.7 Å². The molecular formula is C11H20N4. The lowest BCUT2D eigenvalue weighted by Gasteiger charge is -2.46. The summed E-state index contributed by atoms with van der Waals surface area (Å²) < 4.78 is 0. The van der Waals surface area contributed by atoms with Gasteiger partial charge in [0.05, 0.1) is 12.1 Å². The van der Waals surface area contributed by atoms with Crippen LogP contribution in [0.2, 0.25) is 0 Å². The van der Waals surface area contributed by atoms with Crippen LogP contribution in [0.15, 0.2) is 4.99 Å². The number of nitrogens with zero attached hydrogens (tertiary/aromatic N) is 3. The van der Waals surface area contributed by atoms with Crippen molar-refractivity contribution in [1.29, 1.82) is 0 Å². The predicted molar refractivity (Wildman–Crippen MR) is 60.8 cm³/mol. The fourth-order valence-corrected chi connectivity index (χ4v) is 3.63. The van der Waals surface area contributed by atoms with E-state index in [9.17, 15) is 0 Å². The monoisotopic (exact) mass is 208 g/mol. The molecule has 0 aromatic rings. The maximum Gasteiger partial charge on any atom is 0.191 e. The van der Waals surface area contributed by atoms with Gasteiger partial charge in [0, 0.05) is 19.1 Å². The minimum Gasteiger partial charge on any atom is -0.370 e. The molecule has 3 rings (SSSR count). The van der Waals surface area contributed by atoms with E-state index in [0.29, 0.717) is 0 Å². The van der Waals surface area contributed by atoms with Gasteiger partial charge in [-0.15, -0.1) is 0 Å². The number of guanidine groups is 1. The third kappa shape index (κ3) is 1.14. The van der Waals surface area contributed by atoms with E-state index in [2.05, 4.69) is 28.9 Å². The Kier molecular flexibility index (Phi) is 1.81. The molecule has 3 aliphatic rings. The molecule has 0 saturated carbocycles. The molecule has 4 nitrogen and oxygen atoms in total. The van der Waals surface area contributed by atoms with Crippen LogP contribution < -0.4 is 5.73 Å². The van der Waals surface area contributed by atoms with Crippen LogP contribution in [0.5, 0.6) is 0 Å². The SMILES string of the molecule is CN1C2CCC1CC1(CN=C(N)N1C)C2. The first-order chi connectivity index (χ1) is 7.12. The smallest absolute Gasteiger partial charge is 0.191 e. The highest BCUT2D eigenvalue weighted by Gasteiger charge is 2.51. The Labute approximate surface area is 91.1 Å². The lowest BCUT2D eigenvalue weighted by Crippen LogP contribution is -2.58. The highest BCUT2D eigenvalue weighted by atomic mass is 15.4. The van der Waals surface area contributed by atoms with Crippen LogP contribution in [-0.4, -0.2) is 54.0 Å². The summed E-state index contributed by atoms with van der Waals surface area (Å²) in [5, 5.41) is 0. The van der Waals surface area contributed by atoms with Crippen LogP contribution in [0.3, 0.4) is 0 Å². The van der Waals surface area contributed by atoms with Crippen LogP contribution >= 0.6 is 0 Å². The van der Waals surface area contributed by atoms with E-state index in [4.69, 9.17) is 5.73 Å². The fourth-order valence-electron chi connectivity index (χ4n) is 3.63. The standard InChI is InChI=1S/C11H20N4/c1-14-8-3-4-9(14)6-11(5-8)7-13-10(12)15(11)2/h8-9H,3-7H2,1-2H3,(H2,12,13). The Balaban J connectivity index is 1.86. The normalized spacial score (nSPS) is 45.2. The lowest BCUT2D eigenvalue weighted by molar-refractivity contribution is 0.0611. The zero-order valence-electron chi connectivity index (χ0n) is 9.61. The zero-order chi connectivity index (χ0) is 10.6. The molecule has 4 heteroatoms. The predicted octanol–water partition coefficient (Wildman–Crippen LogP) is 0.242. The molecule has 0 amide bonds. The van der Waals surface area contributed by atoms with Gasteiger partial charge in [-0.3, -0.25) is 4.99 Å². The summed E-state index contributed by atoms with van der Waals surface area (Å²) in [7, 11) is 4.38. The summed E-state index contributed by atoms with van der Waals surface area (Å²) in [4.78, 5) is 9.21. The Morgan fingerprint density at radius 2 is 1.87 bits per heavy atom. The van der Waals surface area contributed by atoms with E-state index >= 15 is 0 Å². The Bertz CT molecular complexity index is 298. The van der Waals surface area contributed by atoms with Crippen LogP contribution in [-0.2, 0) is 0 Å². The summed E-state index contributed by atoms with van der Waals surface area (Å²) in [5.74, 6) is 0.735. The molecule has 0 aromatic carbocycles. The Hall–Kier alpha value is -0.770. The molecule has 84 valence electrons. The van der Waals surface area contributed by atoms with Gasteiger partial charge in [0.25, 0.3) is 0 Å². The van der Waals surface area contributed by atoms with Crippen LogP contribution in [0.1, 0.15) is 25.7 Å². The van der Waals surface area contributed by atoms with Gasteiger partial charge in [-0.25, -0.2) is 0 Å². The number of piperidine rings is 1. The molecule has 1 spiro atoms. The first kappa shape index (κ1) is 9.46. The minimum atomic E-state index is 0.252. The van der Waals surface area contributed by atoms with E-state index in [1.54, 1.807) is 0 Å². The van der Waals surface area contributed by atoms with Crippen molar-refractivity contribution in [3.05, 3.63) is 0 Å². The average Bonchev–Trinajstić information content (AvgIpc) is 2.62. The van der Waals surface area contributed by atoms with Crippen molar-refractivity contribution in [1.82, 2.24) is 9.80 Å². The van der Waals surface area contributed by atoms with Gasteiger partial charge in [-0.2, -0.15) is 0 Å². The molecule has 2 bridgehead atoms. The molecular weight excluding hydrogens is 188 g/mol. The van der Waals surface area contributed by atoms with Crippen LogP contribution in [0.4, 0.5) is 0 Å². The first-order valence-corrected chi connectivity index (χ1v) is 5.88. The minimum absolute atomic E-state index is 0.252. The molecule has 2 N–H and O–H groups in total. The number of rotatable bonds is 0. The molecule has 0 aliphatic carbocycles. The summed E-state index contributed by atoms with van der Waals surface area (Å²) in [6, 6.07) is 1.51. The second kappa shape index (κ2) is 2.88. The lowest BCUT2D eigenvalue weighted by atomic mass is 9.82. The molecule has 0 aromatic heterocycles. The molecule has 15 heavy (non-hydrogen) atoms. The Morgan fingerprint density at radius 1 is 1.27 bits per heavy atom. The van der Waals surface area contributed by atoms with Gasteiger partial charge < -0.3 is 15.5 Å². The maximum absolute atomic E-state index is 5.89. The van der Waals surface area contributed by atoms with E-state index in [1.165, 1.54) is 25.7 Å². The van der Waals surface area contributed by atoms with Crippen molar-refractivity contribution in [3.63, 3.8) is 0 Å². The van der Waals surface area contributed by atoms with Gasteiger partial charge in [-0.1, -0.05) is 0 Å². The quantitative estimate of drug-likeness (QED) is 0.620. The van der Waals surface area contributed by atoms with Gasteiger partial charge >= 0.3 is 0 Å². The first-order valence-electron chi connectivity index (χ1n) is 5.88. The van der Waals surface area contributed by atoms with Crippen LogP contribution in [0.25, 0.3) is 0 Å². The van der Waals surface area contributed by atoms with E-state index in [1.807, 2.05) is 0 Å². The molecule has 3 heterocycles. The van der Waals surface area contributed by atoms with E-state index in [0.717, 1.165) is 24.6 Å². The van der Waals surface area contributed by atoms with Crippen molar-refractivity contribution in [2.24, 2.45) is 10.7 Å². The largest absolute Gasteiger partial charge is 0.370 e. The maximum atomic E-state index is 5.89. The Morgan fingerprint density at radius 3 is 2.33 bits per heavy atom. The van der Waals surface area contributed by atoms with Crippen molar-refractivity contribution in [3.8, 4) is 0 Å². The molecule has 2 saturated heterocycles. The summed E-state index contributed by atoms with van der Waals surface area (Å²) in [6.45, 7) is 0.913. The number of fused-ring (bicyclic) bond motifs is 2. The highest BCUT2D eigenvalue weighted by molar-refractivity contribution is 5.80. The molecule has 3 aliphatic heterocycles. The molecule has 2 unspecified atom stereocenters. The number of aliphatic imine (C=N–C) groups is 1. The highest BCUT2D eigenvalue weighted by Crippen LogP contribution is 2.43. The summed E-state index contributed by atoms with van der Waals surface area (Å²) in [6.07, 6.45) is 5.19. The van der Waals surface area contributed by atoms with Gasteiger partial charge in [0.1, 0.15) is 0 Å². The number of hydrogen-bond acceptors (Lipinski definition) is 4.